The second-order valence-electron chi connectivity index (χ2n) is 4.03. The molecule has 0 saturated carbocycles. The van der Waals surface area contributed by atoms with Crippen molar-refractivity contribution in [2.24, 2.45) is 0 Å². The SMILES string of the molecule is BrC(Br)c1cccc2c1C=Cc1ccccc1O2. The second kappa shape index (κ2) is 4.90. The van der Waals surface area contributed by atoms with E-state index >= 15 is 0 Å². The monoisotopic (exact) mass is 364 g/mol. The van der Waals surface area contributed by atoms with Crippen LogP contribution in [0.25, 0.3) is 12.2 Å². The lowest BCUT2D eigenvalue weighted by Crippen LogP contribution is -1.91. The first kappa shape index (κ1) is 12.0. The predicted octanol–water partition coefficient (Wildman–Crippen LogP) is 5.75. The van der Waals surface area contributed by atoms with Gasteiger partial charge in [-0.1, -0.05) is 74.3 Å². The van der Waals surface area contributed by atoms with Crippen LogP contribution in [0.4, 0.5) is 0 Å². The summed E-state index contributed by atoms with van der Waals surface area (Å²) in [6.45, 7) is 0. The van der Waals surface area contributed by atoms with Crippen LogP contribution in [0.15, 0.2) is 42.5 Å². The molecule has 90 valence electrons. The van der Waals surface area contributed by atoms with Gasteiger partial charge in [-0.05, 0) is 17.7 Å². The number of rotatable bonds is 1. The third-order valence-corrected chi connectivity index (χ3v) is 3.89. The third kappa shape index (κ3) is 2.13. The van der Waals surface area contributed by atoms with Gasteiger partial charge in [0.25, 0.3) is 0 Å². The Morgan fingerprint density at radius 2 is 1.61 bits per heavy atom. The molecule has 0 N–H and O–H groups in total. The first-order chi connectivity index (χ1) is 8.75. The number of para-hydroxylation sites is 1. The number of hydrogen-bond donors (Lipinski definition) is 0. The van der Waals surface area contributed by atoms with Gasteiger partial charge in [0.15, 0.2) is 0 Å². The first-order valence-corrected chi connectivity index (χ1v) is 7.45. The van der Waals surface area contributed by atoms with Crippen LogP contribution in [0.3, 0.4) is 0 Å². The van der Waals surface area contributed by atoms with Gasteiger partial charge in [0.2, 0.25) is 0 Å². The van der Waals surface area contributed by atoms with E-state index in [2.05, 4.69) is 56.1 Å². The van der Waals surface area contributed by atoms with E-state index in [1.807, 2.05) is 30.3 Å². The number of hydrogen-bond acceptors (Lipinski definition) is 1. The summed E-state index contributed by atoms with van der Waals surface area (Å²) in [5.74, 6) is 1.78. The Hall–Kier alpha value is -1.06. The molecule has 0 bridgehead atoms. The summed E-state index contributed by atoms with van der Waals surface area (Å²) in [6.07, 6.45) is 4.19. The average molecular weight is 366 g/mol. The highest BCUT2D eigenvalue weighted by Crippen LogP contribution is 2.40. The van der Waals surface area contributed by atoms with Gasteiger partial charge in [-0.15, -0.1) is 0 Å². The molecule has 3 heteroatoms. The molecule has 0 aliphatic carbocycles. The molecule has 0 radical (unpaired) electrons. The van der Waals surface area contributed by atoms with Gasteiger partial charge in [-0.3, -0.25) is 0 Å². The van der Waals surface area contributed by atoms with E-state index in [4.69, 9.17) is 4.74 Å². The minimum Gasteiger partial charge on any atom is -0.456 e. The van der Waals surface area contributed by atoms with Crippen LogP contribution >= 0.6 is 31.9 Å². The Balaban J connectivity index is 2.17. The van der Waals surface area contributed by atoms with Crippen molar-refractivity contribution in [1.82, 2.24) is 0 Å². The summed E-state index contributed by atoms with van der Waals surface area (Å²) in [5.41, 5.74) is 3.37. The summed E-state index contributed by atoms with van der Waals surface area (Å²) in [5, 5.41) is 0. The van der Waals surface area contributed by atoms with Crippen LogP contribution in [-0.4, -0.2) is 0 Å². The molecule has 1 nitrogen and oxygen atoms in total. The van der Waals surface area contributed by atoms with Crippen molar-refractivity contribution >= 4 is 44.0 Å². The summed E-state index contributed by atoms with van der Waals surface area (Å²) < 4.78 is 6.11. The van der Waals surface area contributed by atoms with Gasteiger partial charge in [0.05, 0.1) is 3.74 Å². The lowest BCUT2D eigenvalue weighted by Gasteiger charge is -2.12. The van der Waals surface area contributed by atoms with E-state index in [9.17, 15) is 0 Å². The van der Waals surface area contributed by atoms with Crippen molar-refractivity contribution in [2.75, 3.05) is 0 Å². The minimum absolute atomic E-state index is 0.120. The molecule has 1 aliphatic rings. The highest BCUT2D eigenvalue weighted by atomic mass is 79.9. The summed E-state index contributed by atoms with van der Waals surface area (Å²) in [7, 11) is 0. The number of halogens is 2. The standard InChI is InChI=1S/C15H10Br2O/c16-15(17)12-5-3-7-14-11(12)9-8-10-4-1-2-6-13(10)18-14/h1-9,15H. The van der Waals surface area contributed by atoms with Gasteiger partial charge < -0.3 is 4.74 Å². The van der Waals surface area contributed by atoms with E-state index in [1.165, 1.54) is 0 Å². The van der Waals surface area contributed by atoms with Crippen molar-refractivity contribution < 1.29 is 4.74 Å². The number of fused-ring (bicyclic) bond motifs is 2. The van der Waals surface area contributed by atoms with Crippen LogP contribution in [0.2, 0.25) is 0 Å². The molecule has 1 heterocycles. The Bertz CT molecular complexity index is 618. The maximum atomic E-state index is 5.99. The van der Waals surface area contributed by atoms with E-state index in [1.54, 1.807) is 0 Å². The van der Waals surface area contributed by atoms with E-state index in [-0.39, 0.29) is 3.74 Å². The fourth-order valence-corrected chi connectivity index (χ4v) is 2.82. The maximum absolute atomic E-state index is 5.99. The van der Waals surface area contributed by atoms with Crippen molar-refractivity contribution in [3.63, 3.8) is 0 Å². The largest absolute Gasteiger partial charge is 0.456 e. The lowest BCUT2D eigenvalue weighted by molar-refractivity contribution is 0.481. The Kier molecular flexibility index (Phi) is 3.27. The molecule has 0 aromatic heterocycles. The van der Waals surface area contributed by atoms with Crippen molar-refractivity contribution in [3.05, 3.63) is 59.2 Å². The average Bonchev–Trinajstić information content (AvgIpc) is 2.56. The van der Waals surface area contributed by atoms with Crippen LogP contribution in [0, 0.1) is 0 Å². The Labute approximate surface area is 123 Å². The highest BCUT2D eigenvalue weighted by Gasteiger charge is 2.15. The van der Waals surface area contributed by atoms with Gasteiger partial charge >= 0.3 is 0 Å². The zero-order chi connectivity index (χ0) is 12.5. The zero-order valence-electron chi connectivity index (χ0n) is 9.44. The lowest BCUT2D eigenvalue weighted by atomic mass is 10.1. The van der Waals surface area contributed by atoms with Crippen LogP contribution in [0.5, 0.6) is 11.5 Å². The van der Waals surface area contributed by atoms with Crippen molar-refractivity contribution in [1.29, 1.82) is 0 Å². The number of alkyl halides is 2. The van der Waals surface area contributed by atoms with Gasteiger partial charge in [-0.2, -0.15) is 0 Å². The van der Waals surface area contributed by atoms with Crippen molar-refractivity contribution in [3.8, 4) is 11.5 Å². The quantitative estimate of drug-likeness (QED) is 0.499. The van der Waals surface area contributed by atoms with Crippen LogP contribution < -0.4 is 4.74 Å². The Morgan fingerprint density at radius 1 is 0.833 bits per heavy atom. The molecule has 2 aromatic rings. The molecule has 3 rings (SSSR count). The third-order valence-electron chi connectivity index (χ3n) is 2.90. The number of benzene rings is 2. The fourth-order valence-electron chi connectivity index (χ4n) is 2.02. The van der Waals surface area contributed by atoms with Gasteiger partial charge in [-0.25, -0.2) is 0 Å². The van der Waals surface area contributed by atoms with E-state index in [0.29, 0.717) is 0 Å². The first-order valence-electron chi connectivity index (χ1n) is 5.62. The number of ether oxygens (including phenoxy) is 1. The predicted molar refractivity (Wildman–Crippen MR) is 82.5 cm³/mol. The molecule has 1 aliphatic heterocycles. The summed E-state index contributed by atoms with van der Waals surface area (Å²) in [6, 6.07) is 14.1. The molecule has 0 amide bonds. The molecule has 0 saturated heterocycles. The highest BCUT2D eigenvalue weighted by molar-refractivity contribution is 9.24. The maximum Gasteiger partial charge on any atom is 0.135 e. The summed E-state index contributed by atoms with van der Waals surface area (Å²) in [4.78, 5) is 0. The minimum atomic E-state index is 0.120. The fraction of sp³-hybridized carbons (Fsp3) is 0.0667. The Morgan fingerprint density at radius 3 is 2.44 bits per heavy atom. The molecule has 0 unspecified atom stereocenters. The van der Waals surface area contributed by atoms with Gasteiger partial charge in [0.1, 0.15) is 11.5 Å². The molecule has 0 fully saturated rings. The molecule has 0 atom stereocenters. The topological polar surface area (TPSA) is 9.23 Å². The second-order valence-corrected chi connectivity index (χ2v) is 7.09. The van der Waals surface area contributed by atoms with Crippen LogP contribution in [0.1, 0.15) is 20.4 Å². The summed E-state index contributed by atoms with van der Waals surface area (Å²) >= 11 is 7.10. The molecular formula is C15H10Br2O. The van der Waals surface area contributed by atoms with Crippen LogP contribution in [-0.2, 0) is 0 Å². The van der Waals surface area contributed by atoms with Crippen molar-refractivity contribution in [2.45, 2.75) is 3.74 Å². The molecular weight excluding hydrogens is 356 g/mol. The molecule has 0 spiro atoms. The zero-order valence-corrected chi connectivity index (χ0v) is 12.6. The smallest absolute Gasteiger partial charge is 0.135 e. The molecule has 18 heavy (non-hydrogen) atoms. The normalized spacial score (nSPS) is 12.6. The van der Waals surface area contributed by atoms with E-state index < -0.39 is 0 Å². The van der Waals surface area contributed by atoms with Gasteiger partial charge in [0, 0.05) is 11.1 Å². The van der Waals surface area contributed by atoms with E-state index in [0.717, 1.165) is 28.2 Å². The molecule has 2 aromatic carbocycles.